The highest BCUT2D eigenvalue weighted by Gasteiger charge is 2.14. The van der Waals surface area contributed by atoms with Gasteiger partial charge in [-0.2, -0.15) is 0 Å². The third-order valence-electron chi connectivity index (χ3n) is 4.41. The summed E-state index contributed by atoms with van der Waals surface area (Å²) in [7, 11) is -2.87. The van der Waals surface area contributed by atoms with Crippen molar-refractivity contribution in [1.29, 1.82) is 0 Å². The molecule has 3 aromatic rings. The van der Waals surface area contributed by atoms with Crippen LogP contribution in [0.2, 0.25) is 0 Å². The van der Waals surface area contributed by atoms with E-state index in [1.54, 1.807) is 23.9 Å². The lowest BCUT2D eigenvalue weighted by atomic mass is 10.2. The van der Waals surface area contributed by atoms with E-state index in [2.05, 4.69) is 17.2 Å². The second-order valence-corrected chi connectivity index (χ2v) is 8.93. The Kier molecular flexibility index (Phi) is 5.23. The Labute approximate surface area is 172 Å². The quantitative estimate of drug-likeness (QED) is 0.495. The molecule has 1 aliphatic rings. The van der Waals surface area contributed by atoms with Crippen LogP contribution >= 0.6 is 19.6 Å². The highest BCUT2D eigenvalue weighted by molar-refractivity contribution is 7.99. The van der Waals surface area contributed by atoms with Crippen molar-refractivity contribution in [3.8, 4) is 5.75 Å². The van der Waals surface area contributed by atoms with E-state index >= 15 is 0 Å². The number of rotatable bonds is 5. The van der Waals surface area contributed by atoms with E-state index in [0.29, 0.717) is 6.54 Å². The first kappa shape index (κ1) is 19.7. The third-order valence-corrected chi connectivity index (χ3v) is 5.94. The lowest BCUT2D eigenvalue weighted by Crippen LogP contribution is -2.17. The number of anilines is 1. The molecule has 0 saturated heterocycles. The van der Waals surface area contributed by atoms with Crippen LogP contribution in [0.4, 0.5) is 11.4 Å². The van der Waals surface area contributed by atoms with Crippen molar-refractivity contribution in [1.82, 2.24) is 0 Å². The molecule has 1 atom stereocenters. The van der Waals surface area contributed by atoms with E-state index < -0.39 is 7.82 Å². The van der Waals surface area contributed by atoms with E-state index in [-0.39, 0.29) is 5.75 Å². The van der Waals surface area contributed by atoms with Gasteiger partial charge in [-0.05, 0) is 53.2 Å². The van der Waals surface area contributed by atoms with Crippen LogP contribution in [0.1, 0.15) is 5.56 Å². The first-order valence-corrected chi connectivity index (χ1v) is 11.1. The van der Waals surface area contributed by atoms with Crippen LogP contribution in [0.15, 0.2) is 75.4 Å². The number of benzene rings is 3. The average Bonchev–Trinajstić information content (AvgIpc) is 2.64. The van der Waals surface area contributed by atoms with Crippen molar-refractivity contribution in [3.63, 3.8) is 0 Å². The Balaban J connectivity index is 1.56. The Morgan fingerprint density at radius 2 is 2.00 bits per heavy atom. The van der Waals surface area contributed by atoms with Gasteiger partial charge in [0.15, 0.2) is 0 Å². The van der Waals surface area contributed by atoms with Crippen molar-refractivity contribution in [2.45, 2.75) is 16.3 Å². The van der Waals surface area contributed by atoms with Gasteiger partial charge >= 0.3 is 7.82 Å². The summed E-state index contributed by atoms with van der Waals surface area (Å²) in [6.45, 7) is 4.51. The summed E-state index contributed by atoms with van der Waals surface area (Å²) in [5, 5.41) is 1.91. The van der Waals surface area contributed by atoms with E-state index in [0.717, 1.165) is 37.3 Å². The average molecular weight is 425 g/mol. The van der Waals surface area contributed by atoms with Gasteiger partial charge in [-0.3, -0.25) is 4.57 Å². The lowest BCUT2D eigenvalue weighted by Gasteiger charge is -2.22. The molecule has 29 heavy (non-hydrogen) atoms. The second-order valence-electron chi connectivity index (χ2n) is 6.73. The van der Waals surface area contributed by atoms with Crippen LogP contribution in [0, 0.1) is 0 Å². The summed E-state index contributed by atoms with van der Waals surface area (Å²) in [5.41, 5.74) is 2.78. The monoisotopic (exact) mass is 425 g/mol. The van der Waals surface area contributed by atoms with E-state index in [1.165, 1.54) is 6.07 Å². The van der Waals surface area contributed by atoms with Crippen LogP contribution in [0.3, 0.4) is 0 Å². The fraction of sp³-hybridized carbons (Fsp3) is 0.0952. The molecule has 0 aliphatic carbocycles. The van der Waals surface area contributed by atoms with Gasteiger partial charge in [-0.25, -0.2) is 4.99 Å². The second kappa shape index (κ2) is 7.69. The van der Waals surface area contributed by atoms with Gasteiger partial charge in [-0.1, -0.05) is 36.5 Å². The molecule has 0 radical (unpaired) electrons. The van der Waals surface area contributed by atoms with Crippen molar-refractivity contribution in [3.05, 3.63) is 76.8 Å². The van der Waals surface area contributed by atoms with Gasteiger partial charge in [0.1, 0.15) is 5.75 Å². The summed E-state index contributed by atoms with van der Waals surface area (Å²) < 4.78 is 15.5. The molecule has 1 heterocycles. The largest absolute Gasteiger partial charge is 0.746 e. The molecule has 6 nitrogen and oxygen atoms in total. The molecular weight excluding hydrogens is 407 g/mol. The molecular formula is C21H18N2O4PS-. The summed E-state index contributed by atoms with van der Waals surface area (Å²) in [5.74, 6) is 0.0807. The van der Waals surface area contributed by atoms with Gasteiger partial charge in [0.2, 0.25) is 0 Å². The zero-order chi connectivity index (χ0) is 20.6. The molecule has 0 amide bonds. The topological polar surface area (TPSA) is 85.2 Å². The maximum Gasteiger partial charge on any atom is 0.317 e. The standard InChI is InChI=1S/C21H19N2O4PS/c1-14-6-8-18-20(10-14)29-21-12-16(7-9-19(21)22-18)23(2)13-15-4-3-5-17(11-15)27-28(24,25)26/h3-12H,1,13H2,2H3,(H2,24,25,26)/p-1. The van der Waals surface area contributed by atoms with Gasteiger partial charge in [0.25, 0.3) is 0 Å². The maximum absolute atomic E-state index is 10.9. The number of nitrogens with zero attached hydrogens (tertiary/aromatic N) is 2. The summed E-state index contributed by atoms with van der Waals surface area (Å²) in [6.07, 6.45) is 0. The Morgan fingerprint density at radius 1 is 1.17 bits per heavy atom. The molecule has 1 unspecified atom stereocenters. The summed E-state index contributed by atoms with van der Waals surface area (Å²) in [6, 6.07) is 18.7. The minimum atomic E-state index is -4.82. The van der Waals surface area contributed by atoms with E-state index in [4.69, 9.17) is 9.89 Å². The third kappa shape index (κ3) is 4.71. The first-order chi connectivity index (χ1) is 13.8. The van der Waals surface area contributed by atoms with Crippen LogP contribution in [-0.2, 0) is 11.1 Å². The number of hydrogen-bond acceptors (Lipinski definition) is 6. The number of phosphoric acid groups is 1. The molecule has 0 spiro atoms. The first-order valence-electron chi connectivity index (χ1n) is 8.80. The summed E-state index contributed by atoms with van der Waals surface area (Å²) >= 11 is 1.67. The number of phosphoric ester groups is 1. The van der Waals surface area contributed by atoms with Crippen LogP contribution < -0.4 is 24.9 Å². The molecule has 0 saturated carbocycles. The molecule has 4 rings (SSSR count). The normalized spacial score (nSPS) is 14.2. The highest BCUT2D eigenvalue weighted by atomic mass is 32.2. The molecule has 3 aromatic carbocycles. The molecule has 148 valence electrons. The zero-order valence-electron chi connectivity index (χ0n) is 15.6. The Hall–Kier alpha value is -2.57. The molecule has 0 fully saturated rings. The van der Waals surface area contributed by atoms with Crippen molar-refractivity contribution in [2.75, 3.05) is 11.9 Å². The van der Waals surface area contributed by atoms with Crippen molar-refractivity contribution >= 4 is 37.5 Å². The molecule has 0 aromatic heterocycles. The van der Waals surface area contributed by atoms with Crippen LogP contribution in [0.25, 0.3) is 6.58 Å². The highest BCUT2D eigenvalue weighted by Crippen LogP contribution is 2.39. The van der Waals surface area contributed by atoms with E-state index in [1.807, 2.05) is 48.3 Å². The lowest BCUT2D eigenvalue weighted by molar-refractivity contribution is -0.211. The van der Waals surface area contributed by atoms with Crippen molar-refractivity contribution in [2.24, 2.45) is 4.99 Å². The molecule has 0 bridgehead atoms. The van der Waals surface area contributed by atoms with E-state index in [9.17, 15) is 9.46 Å². The van der Waals surface area contributed by atoms with Crippen molar-refractivity contribution < 1.29 is 18.9 Å². The maximum atomic E-state index is 10.9. The van der Waals surface area contributed by atoms with Gasteiger partial charge in [-0.15, -0.1) is 0 Å². The van der Waals surface area contributed by atoms with Crippen LogP contribution in [-0.4, -0.2) is 11.9 Å². The fourth-order valence-electron chi connectivity index (χ4n) is 3.09. The molecule has 8 heteroatoms. The van der Waals surface area contributed by atoms with Gasteiger partial charge in [0, 0.05) is 29.1 Å². The minimum Gasteiger partial charge on any atom is -0.746 e. The van der Waals surface area contributed by atoms with Gasteiger partial charge < -0.3 is 19.2 Å². The number of fused-ring (bicyclic) bond motifs is 2. The minimum absolute atomic E-state index is 0.0807. The fourth-order valence-corrected chi connectivity index (χ4v) is 4.54. The van der Waals surface area contributed by atoms with Gasteiger partial charge in [0.05, 0.1) is 11.0 Å². The summed E-state index contributed by atoms with van der Waals surface area (Å²) in [4.78, 5) is 28.7. The predicted octanol–water partition coefficient (Wildman–Crippen LogP) is 2.99. The zero-order valence-corrected chi connectivity index (χ0v) is 17.3. The molecule has 1 aliphatic heterocycles. The Bertz CT molecular complexity index is 1240. The number of hydrogen-bond donors (Lipinski definition) is 1. The smallest absolute Gasteiger partial charge is 0.317 e. The predicted molar refractivity (Wildman–Crippen MR) is 112 cm³/mol. The Morgan fingerprint density at radius 3 is 2.79 bits per heavy atom. The van der Waals surface area contributed by atoms with Crippen LogP contribution in [0.5, 0.6) is 5.75 Å². The molecule has 1 N–H and O–H groups in total. The SMILES string of the molecule is C=c1ccc2c(c1)Sc1cc(N(C)Cc3cccc(OP(=O)([O-])O)c3)ccc1N=2.